The van der Waals surface area contributed by atoms with Gasteiger partial charge >= 0.3 is 0 Å². The maximum absolute atomic E-state index is 12.8. The van der Waals surface area contributed by atoms with Crippen molar-refractivity contribution in [1.82, 2.24) is 9.80 Å². The van der Waals surface area contributed by atoms with Crippen molar-refractivity contribution >= 4 is 11.8 Å². The van der Waals surface area contributed by atoms with Gasteiger partial charge in [-0.1, -0.05) is 43.2 Å². The quantitative estimate of drug-likeness (QED) is 0.588. The maximum Gasteiger partial charge on any atom is 0.261 e. The Balaban J connectivity index is 1.58. The molecule has 0 N–H and O–H groups in total. The molecule has 0 spiro atoms. The van der Waals surface area contributed by atoms with Gasteiger partial charge in [-0.15, -0.1) is 0 Å². The van der Waals surface area contributed by atoms with Crippen LogP contribution in [0.3, 0.4) is 0 Å². The maximum atomic E-state index is 12.8. The molecule has 1 aromatic carbocycles. The van der Waals surface area contributed by atoms with Gasteiger partial charge in [0.25, 0.3) is 5.91 Å². The predicted molar refractivity (Wildman–Crippen MR) is 110 cm³/mol. The number of rotatable bonds is 3. The van der Waals surface area contributed by atoms with Crippen molar-refractivity contribution in [2.75, 3.05) is 26.2 Å². The minimum absolute atomic E-state index is 0.0173. The third kappa shape index (κ3) is 5.85. The SMILES string of the molecule is O=C1[C@@H]2CN1CCCCC/C=C/CCCCCN2C(=O)COc1ccccc1. The van der Waals surface area contributed by atoms with E-state index >= 15 is 0 Å². The van der Waals surface area contributed by atoms with Crippen LogP contribution >= 0.6 is 0 Å². The first-order valence-corrected chi connectivity index (χ1v) is 10.7. The molecule has 152 valence electrons. The zero-order valence-corrected chi connectivity index (χ0v) is 16.7. The highest BCUT2D eigenvalue weighted by Crippen LogP contribution is 2.20. The van der Waals surface area contributed by atoms with Gasteiger partial charge in [-0.3, -0.25) is 9.59 Å². The standard InChI is InChI=1S/C23H32N2O3/c26-22(19-28-20-14-10-9-11-15-20)25-17-13-8-6-4-2-1-3-5-7-12-16-24-18-21(25)23(24)27/h1-2,9-11,14-15,21H,3-8,12-13,16-19H2/b2-1+/t21-/m0/s1. The third-order valence-electron chi connectivity index (χ3n) is 5.53. The molecule has 0 radical (unpaired) electrons. The van der Waals surface area contributed by atoms with Crippen molar-refractivity contribution < 1.29 is 14.3 Å². The van der Waals surface area contributed by atoms with Gasteiger partial charge in [-0.25, -0.2) is 0 Å². The second-order valence-corrected chi connectivity index (χ2v) is 7.66. The van der Waals surface area contributed by atoms with Crippen LogP contribution in [-0.2, 0) is 9.59 Å². The molecule has 2 bridgehead atoms. The molecule has 0 unspecified atom stereocenters. The van der Waals surface area contributed by atoms with Crippen molar-refractivity contribution in [3.8, 4) is 5.75 Å². The summed E-state index contributed by atoms with van der Waals surface area (Å²) < 4.78 is 5.64. The number of nitrogens with zero attached hydrogens (tertiary/aromatic N) is 2. The Morgan fingerprint density at radius 2 is 1.61 bits per heavy atom. The Morgan fingerprint density at radius 1 is 0.929 bits per heavy atom. The number of hydrogen-bond donors (Lipinski definition) is 0. The molecule has 3 aliphatic heterocycles. The van der Waals surface area contributed by atoms with Crippen LogP contribution in [0.4, 0.5) is 0 Å². The van der Waals surface area contributed by atoms with Crippen LogP contribution in [0.1, 0.15) is 51.4 Å². The number of carbonyl (C=O) groups is 2. The highest BCUT2D eigenvalue weighted by Gasteiger charge is 2.42. The van der Waals surface area contributed by atoms with Crippen LogP contribution in [-0.4, -0.2) is 53.9 Å². The normalized spacial score (nSPS) is 23.0. The molecule has 3 aliphatic rings. The zero-order valence-electron chi connectivity index (χ0n) is 16.7. The summed E-state index contributed by atoms with van der Waals surface area (Å²) in [5.74, 6) is 0.682. The van der Waals surface area contributed by atoms with Crippen LogP contribution in [0, 0.1) is 0 Å². The van der Waals surface area contributed by atoms with Crippen molar-refractivity contribution in [3.63, 3.8) is 0 Å². The van der Waals surface area contributed by atoms with E-state index in [2.05, 4.69) is 12.2 Å². The lowest BCUT2D eigenvalue weighted by Gasteiger charge is -2.44. The molecule has 1 aromatic rings. The number of ether oxygens (including phenoxy) is 1. The fourth-order valence-electron chi connectivity index (χ4n) is 3.81. The molecule has 0 saturated carbocycles. The zero-order chi connectivity index (χ0) is 19.6. The summed E-state index contributed by atoms with van der Waals surface area (Å²) in [4.78, 5) is 29.1. The predicted octanol–water partition coefficient (Wildman–Crippen LogP) is 3.80. The number of carbonyl (C=O) groups excluding carboxylic acids is 2. The summed E-state index contributed by atoms with van der Waals surface area (Å²) in [5.41, 5.74) is 0. The average Bonchev–Trinajstić information content (AvgIpc) is 2.72. The van der Waals surface area contributed by atoms with Gasteiger partial charge in [0.2, 0.25) is 5.91 Å². The highest BCUT2D eigenvalue weighted by atomic mass is 16.5. The van der Waals surface area contributed by atoms with Crippen molar-refractivity contribution in [2.24, 2.45) is 0 Å². The summed E-state index contributed by atoms with van der Waals surface area (Å²) in [6.45, 7) is 2.08. The molecule has 5 nitrogen and oxygen atoms in total. The fraction of sp³-hybridized carbons (Fsp3) is 0.565. The van der Waals surface area contributed by atoms with E-state index in [1.807, 2.05) is 35.2 Å². The minimum atomic E-state index is -0.306. The topological polar surface area (TPSA) is 49.9 Å². The fourth-order valence-corrected chi connectivity index (χ4v) is 3.81. The Kier molecular flexibility index (Phi) is 7.94. The van der Waals surface area contributed by atoms with Crippen molar-refractivity contribution in [2.45, 2.75) is 57.4 Å². The molecule has 1 atom stereocenters. The summed E-state index contributed by atoms with van der Waals surface area (Å²) in [6.07, 6.45) is 13.3. The lowest BCUT2D eigenvalue weighted by atomic mass is 10.0. The number of fused-ring (bicyclic) bond motifs is 11. The first-order chi connectivity index (χ1) is 13.8. The van der Waals surface area contributed by atoms with Gasteiger partial charge in [0, 0.05) is 13.1 Å². The van der Waals surface area contributed by atoms with E-state index in [4.69, 9.17) is 4.74 Å². The van der Waals surface area contributed by atoms with E-state index in [0.29, 0.717) is 18.8 Å². The minimum Gasteiger partial charge on any atom is -0.484 e. The van der Waals surface area contributed by atoms with Crippen LogP contribution in [0.5, 0.6) is 5.75 Å². The second-order valence-electron chi connectivity index (χ2n) is 7.66. The van der Waals surface area contributed by atoms with Gasteiger partial charge < -0.3 is 14.5 Å². The Labute approximate surface area is 168 Å². The van der Waals surface area contributed by atoms with Gasteiger partial charge in [0.15, 0.2) is 6.61 Å². The number of amides is 2. The van der Waals surface area contributed by atoms with E-state index in [-0.39, 0.29) is 24.5 Å². The molecule has 1 saturated heterocycles. The Hall–Kier alpha value is -2.30. The Bertz CT molecular complexity index is 659. The molecule has 3 heterocycles. The van der Waals surface area contributed by atoms with Gasteiger partial charge in [0.05, 0.1) is 6.54 Å². The van der Waals surface area contributed by atoms with Crippen molar-refractivity contribution in [1.29, 1.82) is 0 Å². The molecular formula is C23H32N2O3. The number of para-hydroxylation sites is 1. The average molecular weight is 385 g/mol. The summed E-state index contributed by atoms with van der Waals surface area (Å²) in [6, 6.07) is 9.05. The van der Waals surface area contributed by atoms with Crippen LogP contribution in [0.15, 0.2) is 42.5 Å². The van der Waals surface area contributed by atoms with Gasteiger partial charge in [-0.05, 0) is 50.7 Å². The third-order valence-corrected chi connectivity index (χ3v) is 5.53. The lowest BCUT2D eigenvalue weighted by Crippen LogP contribution is -2.65. The van der Waals surface area contributed by atoms with Crippen LogP contribution < -0.4 is 4.74 Å². The first-order valence-electron chi connectivity index (χ1n) is 10.7. The molecule has 0 aliphatic carbocycles. The number of allylic oxidation sites excluding steroid dienone is 2. The molecular weight excluding hydrogens is 352 g/mol. The molecule has 5 heteroatoms. The van der Waals surface area contributed by atoms with Crippen molar-refractivity contribution in [3.05, 3.63) is 42.5 Å². The molecule has 0 aromatic heterocycles. The van der Waals surface area contributed by atoms with Crippen LogP contribution in [0.25, 0.3) is 0 Å². The van der Waals surface area contributed by atoms with E-state index < -0.39 is 0 Å². The monoisotopic (exact) mass is 384 g/mol. The van der Waals surface area contributed by atoms with Gasteiger partial charge in [-0.2, -0.15) is 0 Å². The van der Waals surface area contributed by atoms with E-state index in [1.54, 1.807) is 4.90 Å². The molecule has 4 rings (SSSR count). The van der Waals surface area contributed by atoms with E-state index in [1.165, 1.54) is 6.42 Å². The second kappa shape index (κ2) is 10.9. The molecule has 2 amide bonds. The van der Waals surface area contributed by atoms with Gasteiger partial charge in [0.1, 0.15) is 11.8 Å². The Morgan fingerprint density at radius 3 is 2.29 bits per heavy atom. The summed E-state index contributed by atoms with van der Waals surface area (Å²) >= 11 is 0. The highest BCUT2D eigenvalue weighted by molar-refractivity contribution is 5.92. The van der Waals surface area contributed by atoms with E-state index in [9.17, 15) is 9.59 Å². The number of β-lactam (4-membered cyclic amide) rings is 1. The summed E-state index contributed by atoms with van der Waals surface area (Å²) in [7, 11) is 0. The largest absolute Gasteiger partial charge is 0.484 e. The lowest BCUT2D eigenvalue weighted by molar-refractivity contribution is -0.158. The molecule has 1 fully saturated rings. The number of benzene rings is 1. The first kappa shape index (κ1) is 20.4. The summed E-state index contributed by atoms with van der Waals surface area (Å²) in [5, 5.41) is 0. The van der Waals surface area contributed by atoms with Crippen LogP contribution in [0.2, 0.25) is 0 Å². The molecule has 28 heavy (non-hydrogen) atoms. The number of hydrogen-bond acceptors (Lipinski definition) is 3. The van der Waals surface area contributed by atoms with E-state index in [0.717, 1.165) is 51.5 Å². The smallest absolute Gasteiger partial charge is 0.261 e.